The van der Waals surface area contributed by atoms with E-state index in [-0.39, 0.29) is 11.5 Å². The van der Waals surface area contributed by atoms with Crippen molar-refractivity contribution in [2.24, 2.45) is 0 Å². The highest BCUT2D eigenvalue weighted by atomic mass is 16.6. The van der Waals surface area contributed by atoms with Gasteiger partial charge >= 0.3 is 5.97 Å². The van der Waals surface area contributed by atoms with E-state index in [2.05, 4.69) is 14.9 Å². The van der Waals surface area contributed by atoms with Gasteiger partial charge in [0.05, 0.1) is 6.10 Å². The van der Waals surface area contributed by atoms with E-state index < -0.39 is 24.0 Å². The Kier molecular flexibility index (Phi) is 3.40. The zero-order valence-corrected chi connectivity index (χ0v) is 8.25. The lowest BCUT2D eigenvalue weighted by Crippen LogP contribution is -2.47. The minimum atomic E-state index is -1.46. The molecular weight excluding hydrogens is 220 g/mol. The van der Waals surface area contributed by atoms with Gasteiger partial charge in [-0.1, -0.05) is 0 Å². The zero-order valence-electron chi connectivity index (χ0n) is 8.25. The molecule has 1 aromatic heterocycles. The van der Waals surface area contributed by atoms with Gasteiger partial charge in [-0.25, -0.2) is 9.42 Å². The molecule has 0 spiro atoms. The SMILES string of the molecule is C[C@@H](O)[C@H](NC(=O)c1nonc1N)C(=O)O. The summed E-state index contributed by atoms with van der Waals surface area (Å²) in [4.78, 5) is 22.1. The highest BCUT2D eigenvalue weighted by Gasteiger charge is 2.27. The lowest BCUT2D eigenvalue weighted by Gasteiger charge is -2.15. The van der Waals surface area contributed by atoms with Crippen LogP contribution in [0.2, 0.25) is 0 Å². The molecule has 1 aromatic rings. The Morgan fingerprint density at radius 3 is 2.50 bits per heavy atom. The van der Waals surface area contributed by atoms with E-state index in [1.54, 1.807) is 0 Å². The number of carboxylic acid groups (broad SMARTS) is 1. The number of carbonyl (C=O) groups excluding carboxylic acids is 1. The quantitative estimate of drug-likeness (QED) is 0.473. The number of carboxylic acids is 1. The van der Waals surface area contributed by atoms with Gasteiger partial charge in [-0.2, -0.15) is 0 Å². The van der Waals surface area contributed by atoms with Crippen molar-refractivity contribution < 1.29 is 24.4 Å². The molecule has 0 saturated heterocycles. The second-order valence-electron chi connectivity index (χ2n) is 3.03. The molecule has 0 aliphatic rings. The first kappa shape index (κ1) is 11.9. The average Bonchev–Trinajstić information content (AvgIpc) is 2.59. The van der Waals surface area contributed by atoms with E-state index in [4.69, 9.17) is 15.9 Å². The molecule has 0 bridgehead atoms. The Balaban J connectivity index is 2.77. The summed E-state index contributed by atoms with van der Waals surface area (Å²) in [5.41, 5.74) is 4.90. The molecule has 5 N–H and O–H groups in total. The van der Waals surface area contributed by atoms with Crippen LogP contribution >= 0.6 is 0 Å². The predicted molar refractivity (Wildman–Crippen MR) is 49.3 cm³/mol. The number of nitrogens with one attached hydrogen (secondary N) is 1. The number of nitrogens with zero attached hydrogens (tertiary/aromatic N) is 2. The number of aromatic nitrogens is 2. The smallest absolute Gasteiger partial charge is 0.328 e. The summed E-state index contributed by atoms with van der Waals surface area (Å²) in [6.07, 6.45) is -1.26. The third-order valence-electron chi connectivity index (χ3n) is 1.76. The van der Waals surface area contributed by atoms with Crippen LogP contribution < -0.4 is 11.1 Å². The number of hydrogen-bond acceptors (Lipinski definition) is 7. The van der Waals surface area contributed by atoms with Gasteiger partial charge in [-0.05, 0) is 17.2 Å². The second-order valence-corrected chi connectivity index (χ2v) is 3.03. The fourth-order valence-electron chi connectivity index (χ4n) is 0.951. The van der Waals surface area contributed by atoms with Crippen LogP contribution in [0.15, 0.2) is 4.63 Å². The number of carbonyl (C=O) groups is 2. The van der Waals surface area contributed by atoms with E-state index in [0.29, 0.717) is 0 Å². The molecule has 1 heterocycles. The van der Waals surface area contributed by atoms with Crippen LogP contribution in [-0.4, -0.2) is 44.5 Å². The van der Waals surface area contributed by atoms with Gasteiger partial charge in [-0.3, -0.25) is 4.79 Å². The molecule has 0 aromatic carbocycles. The normalized spacial score (nSPS) is 14.1. The molecule has 88 valence electrons. The number of amides is 1. The lowest BCUT2D eigenvalue weighted by atomic mass is 10.2. The summed E-state index contributed by atoms with van der Waals surface area (Å²) >= 11 is 0. The van der Waals surface area contributed by atoms with Crippen LogP contribution in [-0.2, 0) is 4.79 Å². The number of nitrogens with two attached hydrogens (primary N) is 1. The maximum atomic E-state index is 11.4. The predicted octanol–water partition coefficient (Wildman–Crippen LogP) is -1.78. The minimum Gasteiger partial charge on any atom is -0.480 e. The number of rotatable bonds is 4. The molecule has 0 radical (unpaired) electrons. The molecule has 0 unspecified atom stereocenters. The molecule has 16 heavy (non-hydrogen) atoms. The van der Waals surface area contributed by atoms with Gasteiger partial charge in [0.1, 0.15) is 0 Å². The van der Waals surface area contributed by atoms with Crippen LogP contribution in [0.3, 0.4) is 0 Å². The van der Waals surface area contributed by atoms with Crippen LogP contribution in [0.4, 0.5) is 5.82 Å². The van der Waals surface area contributed by atoms with Gasteiger partial charge in [0, 0.05) is 0 Å². The lowest BCUT2D eigenvalue weighted by molar-refractivity contribution is -0.141. The second kappa shape index (κ2) is 4.57. The summed E-state index contributed by atoms with van der Waals surface area (Å²) in [6.45, 7) is 1.23. The number of anilines is 1. The molecule has 2 atom stereocenters. The molecule has 1 amide bonds. The molecular formula is C7H10N4O5. The van der Waals surface area contributed by atoms with Crippen molar-refractivity contribution in [2.75, 3.05) is 5.73 Å². The van der Waals surface area contributed by atoms with Crippen LogP contribution in [0.1, 0.15) is 17.4 Å². The van der Waals surface area contributed by atoms with Gasteiger partial charge < -0.3 is 21.3 Å². The molecule has 0 aliphatic carbocycles. The van der Waals surface area contributed by atoms with Crippen LogP contribution in [0.5, 0.6) is 0 Å². The maximum absolute atomic E-state index is 11.4. The number of nitrogen functional groups attached to an aromatic ring is 1. The monoisotopic (exact) mass is 230 g/mol. The minimum absolute atomic E-state index is 0.257. The van der Waals surface area contributed by atoms with Gasteiger partial charge in [0.15, 0.2) is 6.04 Å². The number of aliphatic hydroxyl groups excluding tert-OH is 1. The summed E-state index contributed by atoms with van der Waals surface area (Å²) in [6, 6.07) is -1.46. The number of hydrogen-bond donors (Lipinski definition) is 4. The Hall–Kier alpha value is -2.16. The Morgan fingerprint density at radius 1 is 1.50 bits per heavy atom. The van der Waals surface area contributed by atoms with Crippen molar-refractivity contribution in [1.82, 2.24) is 15.6 Å². The van der Waals surface area contributed by atoms with E-state index in [0.717, 1.165) is 0 Å². The van der Waals surface area contributed by atoms with Gasteiger partial charge in [0.2, 0.25) is 11.5 Å². The standard InChI is InChI=1S/C7H10N4O5/c1-2(12)3(7(14)15)9-6(13)4-5(8)11-16-10-4/h2-3,12H,1H3,(H2,8,11)(H,9,13)(H,14,15)/t2-,3+/m1/s1. The molecule has 0 fully saturated rings. The van der Waals surface area contributed by atoms with E-state index >= 15 is 0 Å². The van der Waals surface area contributed by atoms with Gasteiger partial charge in [-0.15, -0.1) is 0 Å². The Bertz CT molecular complexity index is 401. The molecule has 1 rings (SSSR count). The largest absolute Gasteiger partial charge is 0.480 e. The molecule has 9 heteroatoms. The van der Waals surface area contributed by atoms with Crippen molar-refractivity contribution in [2.45, 2.75) is 19.1 Å². The highest BCUT2D eigenvalue weighted by Crippen LogP contribution is 2.04. The number of aliphatic carboxylic acids is 1. The third kappa shape index (κ3) is 2.45. The van der Waals surface area contributed by atoms with Crippen molar-refractivity contribution >= 4 is 17.7 Å². The van der Waals surface area contributed by atoms with Crippen molar-refractivity contribution in [3.05, 3.63) is 5.69 Å². The molecule has 0 saturated carbocycles. The summed E-state index contributed by atoms with van der Waals surface area (Å²) in [5, 5.41) is 26.2. The van der Waals surface area contributed by atoms with Crippen LogP contribution in [0.25, 0.3) is 0 Å². The van der Waals surface area contributed by atoms with Gasteiger partial charge in [0.25, 0.3) is 5.91 Å². The Morgan fingerprint density at radius 2 is 2.12 bits per heavy atom. The van der Waals surface area contributed by atoms with Crippen LogP contribution in [0, 0.1) is 0 Å². The first-order chi connectivity index (χ1) is 7.43. The summed E-state index contributed by atoms with van der Waals surface area (Å²) in [7, 11) is 0. The first-order valence-electron chi connectivity index (χ1n) is 4.23. The van der Waals surface area contributed by atoms with E-state index in [1.807, 2.05) is 5.32 Å². The number of aliphatic hydroxyl groups is 1. The molecule has 9 nitrogen and oxygen atoms in total. The van der Waals surface area contributed by atoms with Crippen molar-refractivity contribution in [1.29, 1.82) is 0 Å². The topological polar surface area (TPSA) is 152 Å². The summed E-state index contributed by atoms with van der Waals surface area (Å²) < 4.78 is 4.17. The van der Waals surface area contributed by atoms with E-state index in [9.17, 15) is 9.59 Å². The van der Waals surface area contributed by atoms with E-state index in [1.165, 1.54) is 6.92 Å². The fourth-order valence-corrected chi connectivity index (χ4v) is 0.951. The first-order valence-corrected chi connectivity index (χ1v) is 4.23. The molecule has 0 aliphatic heterocycles. The highest BCUT2D eigenvalue weighted by molar-refractivity contribution is 5.98. The van der Waals surface area contributed by atoms with Crippen molar-refractivity contribution in [3.63, 3.8) is 0 Å². The third-order valence-corrected chi connectivity index (χ3v) is 1.76. The fraction of sp³-hybridized carbons (Fsp3) is 0.429. The summed E-state index contributed by atoms with van der Waals surface area (Å²) in [5.74, 6) is -2.52. The maximum Gasteiger partial charge on any atom is 0.328 e. The Labute approximate surface area is 89.2 Å². The zero-order chi connectivity index (χ0) is 12.3. The average molecular weight is 230 g/mol. The van der Waals surface area contributed by atoms with Crippen molar-refractivity contribution in [3.8, 4) is 0 Å².